The molecule has 4 rings (SSSR count). The molecule has 0 amide bonds. The van der Waals surface area contributed by atoms with Crippen molar-refractivity contribution in [3.63, 3.8) is 0 Å². The molecule has 0 radical (unpaired) electrons. The standard InChI is InChI=1S/C44H68O2/c1-8-9-10-11-12-13-14-15-16-17-18-19-20-21-42(45)46-37-28-30-43(6)36(32-37)24-25-38-40-27-26-39(44(40,7)31-29-41(38)43)35(5)23-22-34(4)33(2)3/h9-18,24,33-35,37-41H,8,19-23,25-32H2,1-7H3/b10-9+,12-11+,14-13-,16-15-,18-17+. The van der Waals surface area contributed by atoms with Gasteiger partial charge < -0.3 is 4.74 Å². The molecule has 0 aromatic rings. The topological polar surface area (TPSA) is 26.3 Å². The Morgan fingerprint density at radius 1 is 0.870 bits per heavy atom. The minimum Gasteiger partial charge on any atom is -0.462 e. The summed E-state index contributed by atoms with van der Waals surface area (Å²) in [5.41, 5.74) is 2.45. The second kappa shape index (κ2) is 17.3. The SMILES string of the molecule is CC/C=C/C=C/C=C\C=C/C=C/CCCC(=O)OC1CCC2(C)C(=CCC3C2CCC2(C)C(C(C)CCC(C)C(C)C)CCC32)C1. The van der Waals surface area contributed by atoms with Gasteiger partial charge in [-0.1, -0.05) is 134 Å². The Hall–Kier alpha value is -2.09. The van der Waals surface area contributed by atoms with E-state index in [0.29, 0.717) is 17.3 Å². The fourth-order valence-corrected chi connectivity index (χ4v) is 10.1. The van der Waals surface area contributed by atoms with Gasteiger partial charge in [-0.15, -0.1) is 0 Å². The number of carbonyl (C=O) groups is 1. The van der Waals surface area contributed by atoms with E-state index in [1.807, 2.05) is 36.5 Å². The zero-order chi connectivity index (χ0) is 33.2. The maximum Gasteiger partial charge on any atom is 0.306 e. The monoisotopic (exact) mass is 629 g/mol. The van der Waals surface area contributed by atoms with Crippen molar-refractivity contribution in [2.75, 3.05) is 0 Å². The molecule has 4 aliphatic rings. The lowest BCUT2D eigenvalue weighted by Gasteiger charge is -2.58. The van der Waals surface area contributed by atoms with Crippen molar-refractivity contribution in [3.05, 3.63) is 72.4 Å². The molecule has 0 saturated heterocycles. The number of unbranched alkanes of at least 4 members (excludes halogenated alkanes) is 1. The Morgan fingerprint density at radius 2 is 1.57 bits per heavy atom. The molecule has 0 aromatic heterocycles. The number of fused-ring (bicyclic) bond motifs is 5. The first-order valence-electron chi connectivity index (χ1n) is 19.3. The highest BCUT2D eigenvalue weighted by Crippen LogP contribution is 2.67. The van der Waals surface area contributed by atoms with Crippen LogP contribution in [0.25, 0.3) is 0 Å². The Balaban J connectivity index is 1.22. The molecular weight excluding hydrogens is 560 g/mol. The van der Waals surface area contributed by atoms with Crippen molar-refractivity contribution in [1.82, 2.24) is 0 Å². The van der Waals surface area contributed by atoms with E-state index in [9.17, 15) is 4.79 Å². The third-order valence-electron chi connectivity index (χ3n) is 13.4. The first kappa shape index (κ1) is 36.7. The number of hydrogen-bond donors (Lipinski definition) is 0. The number of hydrogen-bond acceptors (Lipinski definition) is 2. The van der Waals surface area contributed by atoms with E-state index >= 15 is 0 Å². The number of carbonyl (C=O) groups excluding carboxylic acids is 1. The second-order valence-corrected chi connectivity index (χ2v) is 16.4. The van der Waals surface area contributed by atoms with Gasteiger partial charge in [-0.3, -0.25) is 4.79 Å². The number of allylic oxidation sites excluding steroid dienone is 11. The largest absolute Gasteiger partial charge is 0.462 e. The van der Waals surface area contributed by atoms with Crippen molar-refractivity contribution < 1.29 is 9.53 Å². The van der Waals surface area contributed by atoms with E-state index in [1.54, 1.807) is 5.57 Å². The molecule has 0 aromatic carbocycles. The average Bonchev–Trinajstić information content (AvgIpc) is 3.39. The van der Waals surface area contributed by atoms with Crippen molar-refractivity contribution in [2.45, 2.75) is 144 Å². The van der Waals surface area contributed by atoms with E-state index in [-0.39, 0.29) is 12.1 Å². The van der Waals surface area contributed by atoms with Crippen LogP contribution in [0.1, 0.15) is 138 Å². The van der Waals surface area contributed by atoms with E-state index < -0.39 is 0 Å². The summed E-state index contributed by atoms with van der Waals surface area (Å²) in [6.45, 7) is 17.2. The number of ether oxygens (including phenoxy) is 1. The van der Waals surface area contributed by atoms with E-state index in [1.165, 1.54) is 51.4 Å². The predicted molar refractivity (Wildman–Crippen MR) is 197 cm³/mol. The van der Waals surface area contributed by atoms with Crippen molar-refractivity contribution in [3.8, 4) is 0 Å². The van der Waals surface area contributed by atoms with Crippen LogP contribution in [0.15, 0.2) is 72.4 Å². The minimum atomic E-state index is -0.0130. The molecule has 256 valence electrons. The summed E-state index contributed by atoms with van der Waals surface area (Å²) in [6, 6.07) is 0. The molecule has 0 bridgehead atoms. The minimum absolute atomic E-state index is 0.0130. The summed E-state index contributed by atoms with van der Waals surface area (Å²) in [4.78, 5) is 12.7. The number of rotatable bonds is 15. The molecule has 3 fully saturated rings. The van der Waals surface area contributed by atoms with Gasteiger partial charge in [0.05, 0.1) is 0 Å². The van der Waals surface area contributed by atoms with Crippen molar-refractivity contribution in [1.29, 1.82) is 0 Å². The first-order chi connectivity index (χ1) is 22.1. The lowest BCUT2D eigenvalue weighted by molar-refractivity contribution is -0.151. The van der Waals surface area contributed by atoms with Gasteiger partial charge in [0.1, 0.15) is 6.10 Å². The van der Waals surface area contributed by atoms with Gasteiger partial charge in [0.15, 0.2) is 0 Å². The highest BCUT2D eigenvalue weighted by molar-refractivity contribution is 5.69. The summed E-state index contributed by atoms with van der Waals surface area (Å²) in [6.07, 6.45) is 39.6. The van der Waals surface area contributed by atoms with E-state index in [4.69, 9.17) is 4.74 Å². The highest BCUT2D eigenvalue weighted by Gasteiger charge is 2.59. The quantitative estimate of drug-likeness (QED) is 0.0780. The Morgan fingerprint density at radius 3 is 2.26 bits per heavy atom. The van der Waals surface area contributed by atoms with Gasteiger partial charge in [-0.2, -0.15) is 0 Å². The maximum absolute atomic E-state index is 12.7. The number of esters is 1. The van der Waals surface area contributed by atoms with Crippen LogP contribution in [0.4, 0.5) is 0 Å². The van der Waals surface area contributed by atoms with Gasteiger partial charge in [0, 0.05) is 12.8 Å². The van der Waals surface area contributed by atoms with Gasteiger partial charge in [0.25, 0.3) is 0 Å². The van der Waals surface area contributed by atoms with Crippen LogP contribution in [0.2, 0.25) is 0 Å². The smallest absolute Gasteiger partial charge is 0.306 e. The van der Waals surface area contributed by atoms with Crippen LogP contribution >= 0.6 is 0 Å². The zero-order valence-electron chi connectivity index (χ0n) is 30.7. The van der Waals surface area contributed by atoms with E-state index in [0.717, 1.165) is 73.5 Å². The first-order valence-corrected chi connectivity index (χ1v) is 19.3. The Kier molecular flexibility index (Phi) is 13.9. The second-order valence-electron chi connectivity index (χ2n) is 16.4. The summed E-state index contributed by atoms with van der Waals surface area (Å²) in [7, 11) is 0. The Bertz CT molecular complexity index is 1150. The van der Waals surface area contributed by atoms with Gasteiger partial charge >= 0.3 is 5.97 Å². The summed E-state index contributed by atoms with van der Waals surface area (Å²) >= 11 is 0. The van der Waals surface area contributed by atoms with Crippen molar-refractivity contribution in [2.24, 2.45) is 52.3 Å². The molecule has 4 aliphatic carbocycles. The van der Waals surface area contributed by atoms with E-state index in [2.05, 4.69) is 78.8 Å². The van der Waals surface area contributed by atoms with Gasteiger partial charge in [-0.25, -0.2) is 0 Å². The zero-order valence-corrected chi connectivity index (χ0v) is 30.7. The van der Waals surface area contributed by atoms with Crippen LogP contribution in [-0.2, 0) is 9.53 Å². The average molecular weight is 629 g/mol. The Labute approximate surface area is 284 Å². The van der Waals surface area contributed by atoms with Crippen LogP contribution in [-0.4, -0.2) is 12.1 Å². The molecule has 3 saturated carbocycles. The van der Waals surface area contributed by atoms with Gasteiger partial charge in [-0.05, 0) is 116 Å². The third kappa shape index (κ3) is 9.08. The van der Waals surface area contributed by atoms with Crippen LogP contribution in [0, 0.1) is 52.3 Å². The molecule has 46 heavy (non-hydrogen) atoms. The molecule has 2 heteroatoms. The molecule has 0 N–H and O–H groups in total. The summed E-state index contributed by atoms with van der Waals surface area (Å²) < 4.78 is 6.07. The van der Waals surface area contributed by atoms with Gasteiger partial charge in [0.2, 0.25) is 0 Å². The molecule has 0 spiro atoms. The maximum atomic E-state index is 12.7. The molecular formula is C44H68O2. The van der Waals surface area contributed by atoms with Crippen LogP contribution < -0.4 is 0 Å². The summed E-state index contributed by atoms with van der Waals surface area (Å²) in [5, 5.41) is 0. The fraction of sp³-hybridized carbons (Fsp3) is 0.705. The summed E-state index contributed by atoms with van der Waals surface area (Å²) in [5.74, 6) is 5.93. The lowest BCUT2D eigenvalue weighted by Crippen LogP contribution is -2.51. The normalized spacial score (nSPS) is 34.4. The molecule has 2 nitrogen and oxygen atoms in total. The highest BCUT2D eigenvalue weighted by atomic mass is 16.5. The van der Waals surface area contributed by atoms with Crippen LogP contribution in [0.5, 0.6) is 0 Å². The predicted octanol–water partition coefficient (Wildman–Crippen LogP) is 12.5. The lowest BCUT2D eigenvalue weighted by atomic mass is 9.47. The molecule has 0 heterocycles. The fourth-order valence-electron chi connectivity index (χ4n) is 10.1. The molecule has 9 atom stereocenters. The van der Waals surface area contributed by atoms with Crippen LogP contribution in [0.3, 0.4) is 0 Å². The molecule has 0 aliphatic heterocycles. The third-order valence-corrected chi connectivity index (χ3v) is 13.4. The van der Waals surface area contributed by atoms with Crippen molar-refractivity contribution >= 4 is 5.97 Å². The molecule has 9 unspecified atom stereocenters.